The smallest absolute Gasteiger partial charge is 0.407 e. The van der Waals surface area contributed by atoms with Crippen molar-refractivity contribution in [3.63, 3.8) is 0 Å². The van der Waals surface area contributed by atoms with E-state index in [2.05, 4.69) is 32.9 Å². The van der Waals surface area contributed by atoms with Gasteiger partial charge in [-0.25, -0.2) is 9.59 Å². The van der Waals surface area contributed by atoms with Gasteiger partial charge in [0.1, 0.15) is 24.1 Å². The zero-order chi connectivity index (χ0) is 33.5. The monoisotopic (exact) mass is 644 g/mol. The molecule has 2 atom stereocenters. The maximum atomic E-state index is 12.7. The van der Waals surface area contributed by atoms with Crippen molar-refractivity contribution in [1.82, 2.24) is 20.8 Å². The average molecular weight is 645 g/mol. The second-order valence-corrected chi connectivity index (χ2v) is 12.1. The lowest BCUT2D eigenvalue weighted by atomic mass is 10.0. The van der Waals surface area contributed by atoms with Crippen molar-refractivity contribution < 1.29 is 33.4 Å². The van der Waals surface area contributed by atoms with Gasteiger partial charge in [-0.15, -0.1) is 0 Å². The number of carbonyl (C=O) groups is 2. The number of hydrogen-bond acceptors (Lipinski definition) is 9. The van der Waals surface area contributed by atoms with Gasteiger partial charge in [0.25, 0.3) is 0 Å². The van der Waals surface area contributed by atoms with Gasteiger partial charge in [0.05, 0.1) is 19.1 Å². The van der Waals surface area contributed by atoms with Crippen LogP contribution >= 0.6 is 0 Å². The number of unbranched alkanes of at least 4 members (excludes halogenated alkanes) is 1. The third-order valence-corrected chi connectivity index (χ3v) is 7.04. The number of nitrogens with zero attached hydrogens (tertiary/aromatic N) is 2. The quantitative estimate of drug-likeness (QED) is 0.120. The number of nitrogens with one attached hydrogen (secondary N) is 2. The number of aliphatic hydroxyl groups excluding tert-OH is 1. The first-order valence-corrected chi connectivity index (χ1v) is 15.8. The van der Waals surface area contributed by atoms with Crippen molar-refractivity contribution in [2.75, 3.05) is 13.2 Å². The van der Waals surface area contributed by atoms with Gasteiger partial charge < -0.3 is 34.5 Å². The molecule has 3 aromatic carbocycles. The Balaban J connectivity index is 1.30. The number of hydrogen-bond donors (Lipinski definition) is 3. The lowest BCUT2D eigenvalue weighted by Gasteiger charge is -2.22. The number of ether oxygens (including phenoxy) is 3. The lowest BCUT2D eigenvalue weighted by Crippen LogP contribution is -2.40. The van der Waals surface area contributed by atoms with Crippen molar-refractivity contribution >= 4 is 12.2 Å². The van der Waals surface area contributed by atoms with E-state index in [1.165, 1.54) is 5.56 Å². The Labute approximate surface area is 275 Å². The Morgan fingerprint density at radius 1 is 0.872 bits per heavy atom. The number of aromatic nitrogens is 2. The van der Waals surface area contributed by atoms with Crippen molar-refractivity contribution in [2.24, 2.45) is 0 Å². The molecular formula is C36H44N4O7. The number of benzene rings is 3. The second-order valence-electron chi connectivity index (χ2n) is 12.1. The molecule has 2 unspecified atom stereocenters. The fourth-order valence-electron chi connectivity index (χ4n) is 4.67. The summed E-state index contributed by atoms with van der Waals surface area (Å²) in [5.41, 5.74) is 2.40. The Morgan fingerprint density at radius 2 is 1.55 bits per heavy atom. The van der Waals surface area contributed by atoms with E-state index >= 15 is 0 Å². The van der Waals surface area contributed by atoms with E-state index in [-0.39, 0.29) is 12.4 Å². The minimum absolute atomic E-state index is 0.0566. The molecule has 0 saturated heterocycles. The summed E-state index contributed by atoms with van der Waals surface area (Å²) in [6.07, 6.45) is 0.272. The Hall–Kier alpha value is -4.90. The van der Waals surface area contributed by atoms with Crippen molar-refractivity contribution in [3.8, 4) is 5.75 Å². The summed E-state index contributed by atoms with van der Waals surface area (Å²) in [4.78, 5) is 29.0. The molecule has 47 heavy (non-hydrogen) atoms. The molecule has 11 heteroatoms. The van der Waals surface area contributed by atoms with Crippen LogP contribution in [-0.2, 0) is 28.9 Å². The molecule has 11 nitrogen and oxygen atoms in total. The fourth-order valence-corrected chi connectivity index (χ4v) is 4.67. The molecule has 4 rings (SSSR count). The minimum Gasteiger partial charge on any atom is -0.493 e. The second kappa shape index (κ2) is 17.7. The highest BCUT2D eigenvalue weighted by Crippen LogP contribution is 2.21. The summed E-state index contributed by atoms with van der Waals surface area (Å²) in [5.74, 6) is 1.14. The first kappa shape index (κ1) is 35.0. The van der Waals surface area contributed by atoms with E-state index in [0.29, 0.717) is 44.7 Å². The maximum Gasteiger partial charge on any atom is 0.407 e. The molecule has 1 aromatic heterocycles. The van der Waals surface area contributed by atoms with E-state index in [9.17, 15) is 14.7 Å². The van der Waals surface area contributed by atoms with E-state index in [1.54, 1.807) is 20.8 Å². The molecule has 3 N–H and O–H groups in total. The highest BCUT2D eigenvalue weighted by atomic mass is 16.6. The third-order valence-electron chi connectivity index (χ3n) is 7.04. The largest absolute Gasteiger partial charge is 0.493 e. The molecule has 0 bridgehead atoms. The summed E-state index contributed by atoms with van der Waals surface area (Å²) in [5, 5.41) is 20.7. The predicted molar refractivity (Wildman–Crippen MR) is 176 cm³/mol. The highest BCUT2D eigenvalue weighted by molar-refractivity contribution is 5.68. The zero-order valence-electron chi connectivity index (χ0n) is 27.2. The van der Waals surface area contributed by atoms with Crippen LogP contribution in [0.15, 0.2) is 89.5 Å². The zero-order valence-corrected chi connectivity index (χ0v) is 27.2. The lowest BCUT2D eigenvalue weighted by molar-refractivity contribution is 0.0526. The summed E-state index contributed by atoms with van der Waals surface area (Å²) >= 11 is 0. The number of rotatable bonds is 16. The van der Waals surface area contributed by atoms with Crippen LogP contribution in [0.25, 0.3) is 0 Å². The first-order chi connectivity index (χ1) is 22.6. The van der Waals surface area contributed by atoms with Crippen molar-refractivity contribution in [2.45, 2.75) is 77.2 Å². The van der Waals surface area contributed by atoms with Gasteiger partial charge in [0, 0.05) is 13.0 Å². The van der Waals surface area contributed by atoms with Crippen LogP contribution in [0.2, 0.25) is 0 Å². The van der Waals surface area contributed by atoms with Crippen LogP contribution in [0.3, 0.4) is 0 Å². The van der Waals surface area contributed by atoms with Gasteiger partial charge in [0.2, 0.25) is 11.7 Å². The van der Waals surface area contributed by atoms with Crippen LogP contribution in [-0.4, -0.2) is 52.2 Å². The number of aliphatic hydroxyl groups is 1. The average Bonchev–Trinajstić information content (AvgIpc) is 3.52. The summed E-state index contributed by atoms with van der Waals surface area (Å²) in [6, 6.07) is 26.3. The molecule has 250 valence electrons. The topological polar surface area (TPSA) is 145 Å². The van der Waals surface area contributed by atoms with Crippen LogP contribution in [0, 0.1) is 0 Å². The molecule has 0 aliphatic carbocycles. The van der Waals surface area contributed by atoms with Crippen molar-refractivity contribution in [3.05, 3.63) is 113 Å². The molecule has 0 saturated carbocycles. The van der Waals surface area contributed by atoms with E-state index < -0.39 is 29.9 Å². The summed E-state index contributed by atoms with van der Waals surface area (Å²) in [7, 11) is 0. The maximum absolute atomic E-state index is 12.7. The van der Waals surface area contributed by atoms with Gasteiger partial charge in [-0.3, -0.25) is 0 Å². The van der Waals surface area contributed by atoms with Gasteiger partial charge >= 0.3 is 12.2 Å². The van der Waals surface area contributed by atoms with Crippen LogP contribution in [0.1, 0.15) is 74.5 Å². The number of carbonyl (C=O) groups excluding carboxylic acids is 2. The summed E-state index contributed by atoms with van der Waals surface area (Å²) in [6.45, 7) is 6.42. The van der Waals surface area contributed by atoms with Gasteiger partial charge in [-0.05, 0) is 68.9 Å². The Bertz CT molecular complexity index is 1510. The molecule has 2 amide bonds. The van der Waals surface area contributed by atoms with Gasteiger partial charge in [-0.1, -0.05) is 78.0 Å². The van der Waals surface area contributed by atoms with Crippen LogP contribution < -0.4 is 15.4 Å². The molecule has 0 aliphatic rings. The van der Waals surface area contributed by atoms with Crippen molar-refractivity contribution in [1.29, 1.82) is 0 Å². The molecule has 0 radical (unpaired) electrons. The Morgan fingerprint density at radius 3 is 2.23 bits per heavy atom. The molecule has 0 fully saturated rings. The molecule has 1 heterocycles. The molecular weight excluding hydrogens is 600 g/mol. The van der Waals surface area contributed by atoms with Gasteiger partial charge in [-0.2, -0.15) is 4.98 Å². The SMILES string of the molecule is CC(C)(C)OC(=O)NCCCCC(NC(=O)OCc1ccccc1)C(O)c1noc(Cc2ccc(OCCc3ccccc3)cc2)n1. The fraction of sp³-hybridized carbons (Fsp3) is 0.389. The van der Waals surface area contributed by atoms with Gasteiger partial charge in [0.15, 0.2) is 0 Å². The Kier molecular flexibility index (Phi) is 13.2. The number of amides is 2. The van der Waals surface area contributed by atoms with E-state index in [0.717, 1.165) is 23.3 Å². The minimum atomic E-state index is -1.25. The molecule has 4 aromatic rings. The highest BCUT2D eigenvalue weighted by Gasteiger charge is 2.28. The van der Waals surface area contributed by atoms with E-state index in [1.807, 2.05) is 72.8 Å². The number of alkyl carbamates (subject to hydrolysis) is 2. The standard InChI is InChI=1S/C36H44N4O7/c1-36(2,3)46-34(42)37-22-11-10-16-30(38-35(43)45-25-28-14-8-5-9-15-28)32(41)33-39-31(47-40-33)24-27-17-19-29(20-18-27)44-23-21-26-12-6-4-7-13-26/h4-9,12-15,17-20,30,32,41H,10-11,16,21-25H2,1-3H3,(H,37,42)(H,38,43). The first-order valence-electron chi connectivity index (χ1n) is 15.8. The van der Waals surface area contributed by atoms with Crippen LogP contribution in [0.5, 0.6) is 5.75 Å². The molecule has 0 spiro atoms. The predicted octanol–water partition coefficient (Wildman–Crippen LogP) is 6.31. The summed E-state index contributed by atoms with van der Waals surface area (Å²) < 4.78 is 22.0. The third kappa shape index (κ3) is 12.8. The normalized spacial score (nSPS) is 12.5. The molecule has 0 aliphatic heterocycles. The van der Waals surface area contributed by atoms with E-state index in [4.69, 9.17) is 18.7 Å². The van der Waals surface area contributed by atoms with Crippen LogP contribution in [0.4, 0.5) is 9.59 Å².